The molecule has 3 aromatic rings. The van der Waals surface area contributed by atoms with E-state index in [4.69, 9.17) is 17.3 Å². The van der Waals surface area contributed by atoms with E-state index in [1.54, 1.807) is 30.3 Å². The first-order valence-corrected chi connectivity index (χ1v) is 7.68. The molecule has 1 aromatic heterocycles. The van der Waals surface area contributed by atoms with Crippen molar-refractivity contribution in [3.63, 3.8) is 0 Å². The first-order valence-electron chi connectivity index (χ1n) is 7.30. The van der Waals surface area contributed by atoms with Crippen LogP contribution in [0.5, 0.6) is 0 Å². The van der Waals surface area contributed by atoms with Gasteiger partial charge < -0.3 is 16.4 Å². The molecule has 1 heterocycles. The van der Waals surface area contributed by atoms with Gasteiger partial charge in [0.15, 0.2) is 0 Å². The molecule has 0 aliphatic rings. The van der Waals surface area contributed by atoms with Crippen LogP contribution in [0.2, 0.25) is 5.02 Å². The maximum atomic E-state index is 12.1. The van der Waals surface area contributed by atoms with Crippen LogP contribution < -0.4 is 16.4 Å². The van der Waals surface area contributed by atoms with Crippen LogP contribution in [-0.4, -0.2) is 16.0 Å². The van der Waals surface area contributed by atoms with Gasteiger partial charge in [-0.1, -0.05) is 11.6 Å². The number of amides is 2. The second-order valence-corrected chi connectivity index (χ2v) is 5.82. The Balaban J connectivity index is 1.77. The topological polar surface area (TPSA) is 92.9 Å². The summed E-state index contributed by atoms with van der Waals surface area (Å²) >= 11 is 5.94. The molecule has 24 heavy (non-hydrogen) atoms. The van der Waals surface area contributed by atoms with E-state index in [0.29, 0.717) is 22.1 Å². The quantitative estimate of drug-likeness (QED) is 0.611. The molecule has 2 aromatic carbocycles. The van der Waals surface area contributed by atoms with Crippen molar-refractivity contribution in [3.05, 3.63) is 52.8 Å². The minimum atomic E-state index is -0.382. The normalized spacial score (nSPS) is 10.6. The van der Waals surface area contributed by atoms with Crippen molar-refractivity contribution < 1.29 is 4.79 Å². The van der Waals surface area contributed by atoms with Crippen molar-refractivity contribution in [2.45, 2.75) is 13.8 Å². The number of urea groups is 1. The van der Waals surface area contributed by atoms with Crippen LogP contribution in [-0.2, 0) is 0 Å². The van der Waals surface area contributed by atoms with Gasteiger partial charge in [0.2, 0.25) is 0 Å². The van der Waals surface area contributed by atoms with Gasteiger partial charge in [-0.05, 0) is 50.2 Å². The van der Waals surface area contributed by atoms with E-state index in [1.165, 1.54) is 0 Å². The maximum Gasteiger partial charge on any atom is 0.323 e. The Bertz CT molecular complexity index is 942. The van der Waals surface area contributed by atoms with Crippen LogP contribution in [0, 0.1) is 13.8 Å². The summed E-state index contributed by atoms with van der Waals surface area (Å²) in [5.41, 5.74) is 10.6. The van der Waals surface area contributed by atoms with Gasteiger partial charge in [0, 0.05) is 11.4 Å². The predicted molar refractivity (Wildman–Crippen MR) is 97.5 cm³/mol. The molecule has 2 amide bonds. The minimum absolute atomic E-state index is 0.382. The van der Waals surface area contributed by atoms with Crippen LogP contribution in [0.4, 0.5) is 21.9 Å². The summed E-state index contributed by atoms with van der Waals surface area (Å²) in [4.78, 5) is 21.0. The number of hydrogen-bond donors (Lipinski definition) is 3. The number of benzene rings is 2. The van der Waals surface area contributed by atoms with Crippen molar-refractivity contribution in [2.75, 3.05) is 16.4 Å². The Hall–Kier alpha value is -2.86. The molecular formula is C17H16ClN5O. The molecule has 0 radical (unpaired) electrons. The third kappa shape index (κ3) is 3.38. The third-order valence-electron chi connectivity index (χ3n) is 3.59. The molecular weight excluding hydrogens is 326 g/mol. The first kappa shape index (κ1) is 16.0. The molecule has 0 atom stereocenters. The lowest BCUT2D eigenvalue weighted by Gasteiger charge is -2.09. The molecule has 0 bridgehead atoms. The van der Waals surface area contributed by atoms with Crippen LogP contribution >= 0.6 is 11.6 Å². The Kier molecular flexibility index (Phi) is 4.22. The Labute approximate surface area is 144 Å². The van der Waals surface area contributed by atoms with E-state index in [-0.39, 0.29) is 6.03 Å². The number of nitrogens with zero attached hydrogens (tertiary/aromatic N) is 2. The van der Waals surface area contributed by atoms with E-state index in [1.807, 2.05) is 19.9 Å². The number of nitrogen functional groups attached to an aromatic ring is 1. The van der Waals surface area contributed by atoms with E-state index >= 15 is 0 Å². The summed E-state index contributed by atoms with van der Waals surface area (Å²) in [5, 5.41) is 5.85. The zero-order chi connectivity index (χ0) is 17.3. The van der Waals surface area contributed by atoms with Gasteiger partial charge in [0.05, 0.1) is 33.1 Å². The van der Waals surface area contributed by atoms with Crippen LogP contribution in [0.25, 0.3) is 11.0 Å². The smallest absolute Gasteiger partial charge is 0.323 e. The molecule has 4 N–H and O–H groups in total. The van der Waals surface area contributed by atoms with Crippen molar-refractivity contribution >= 4 is 45.7 Å². The molecule has 0 aliphatic heterocycles. The number of aryl methyl sites for hydroxylation is 2. The minimum Gasteiger partial charge on any atom is -0.398 e. The lowest BCUT2D eigenvalue weighted by Crippen LogP contribution is -2.19. The Morgan fingerprint density at radius 1 is 0.958 bits per heavy atom. The highest BCUT2D eigenvalue weighted by Crippen LogP contribution is 2.23. The van der Waals surface area contributed by atoms with Crippen molar-refractivity contribution in [2.24, 2.45) is 0 Å². The lowest BCUT2D eigenvalue weighted by atomic mass is 10.2. The molecule has 122 valence electrons. The highest BCUT2D eigenvalue weighted by atomic mass is 35.5. The molecule has 3 rings (SSSR count). The lowest BCUT2D eigenvalue weighted by molar-refractivity contribution is 0.262. The molecule has 7 heteroatoms. The zero-order valence-electron chi connectivity index (χ0n) is 13.2. The van der Waals surface area contributed by atoms with Gasteiger partial charge >= 0.3 is 6.03 Å². The predicted octanol–water partition coefficient (Wildman–Crippen LogP) is 4.13. The summed E-state index contributed by atoms with van der Waals surface area (Å²) in [7, 11) is 0. The van der Waals surface area contributed by atoms with Gasteiger partial charge in [-0.2, -0.15) is 0 Å². The second kappa shape index (κ2) is 6.33. The number of halogens is 1. The first-order chi connectivity index (χ1) is 11.4. The van der Waals surface area contributed by atoms with Gasteiger partial charge in [-0.15, -0.1) is 0 Å². The standard InChI is InChI=1S/C17H16ClN5O/c1-9-10(2)21-16-8-12(4-6-15(16)20-9)23-17(24)22-11-3-5-14(19)13(18)7-11/h3-8H,19H2,1-2H3,(H2,22,23,24). The fourth-order valence-corrected chi connectivity index (χ4v) is 2.39. The van der Waals surface area contributed by atoms with Crippen LogP contribution in [0.1, 0.15) is 11.4 Å². The average molecular weight is 342 g/mol. The number of anilines is 3. The second-order valence-electron chi connectivity index (χ2n) is 5.41. The largest absolute Gasteiger partial charge is 0.398 e. The van der Waals surface area contributed by atoms with Gasteiger partial charge in [-0.25, -0.2) is 14.8 Å². The van der Waals surface area contributed by atoms with Crippen LogP contribution in [0.3, 0.4) is 0 Å². The number of aromatic nitrogens is 2. The summed E-state index contributed by atoms with van der Waals surface area (Å²) < 4.78 is 0. The highest BCUT2D eigenvalue weighted by Gasteiger charge is 2.07. The highest BCUT2D eigenvalue weighted by molar-refractivity contribution is 6.33. The summed E-state index contributed by atoms with van der Waals surface area (Å²) in [6, 6.07) is 9.91. The van der Waals surface area contributed by atoms with E-state index in [9.17, 15) is 4.79 Å². The summed E-state index contributed by atoms with van der Waals surface area (Å²) in [6.45, 7) is 3.82. The number of carbonyl (C=O) groups is 1. The average Bonchev–Trinajstić information content (AvgIpc) is 2.52. The van der Waals surface area contributed by atoms with E-state index < -0.39 is 0 Å². The van der Waals surface area contributed by atoms with E-state index in [2.05, 4.69) is 20.6 Å². The Morgan fingerprint density at radius 2 is 1.54 bits per heavy atom. The van der Waals surface area contributed by atoms with E-state index in [0.717, 1.165) is 22.4 Å². The number of fused-ring (bicyclic) bond motifs is 1. The molecule has 0 saturated heterocycles. The van der Waals surface area contributed by atoms with Gasteiger partial charge in [0.1, 0.15) is 0 Å². The molecule has 0 aliphatic carbocycles. The van der Waals surface area contributed by atoms with Crippen molar-refractivity contribution in [3.8, 4) is 0 Å². The molecule has 0 fully saturated rings. The number of carbonyl (C=O) groups excluding carboxylic acids is 1. The monoisotopic (exact) mass is 341 g/mol. The Morgan fingerprint density at radius 3 is 2.21 bits per heavy atom. The fourth-order valence-electron chi connectivity index (χ4n) is 2.21. The molecule has 0 saturated carbocycles. The third-order valence-corrected chi connectivity index (χ3v) is 3.92. The fraction of sp³-hybridized carbons (Fsp3) is 0.118. The number of nitrogens with two attached hydrogens (primary N) is 1. The number of hydrogen-bond acceptors (Lipinski definition) is 4. The molecule has 0 spiro atoms. The van der Waals surface area contributed by atoms with Crippen LogP contribution in [0.15, 0.2) is 36.4 Å². The van der Waals surface area contributed by atoms with Gasteiger partial charge in [-0.3, -0.25) is 0 Å². The van der Waals surface area contributed by atoms with Crippen molar-refractivity contribution in [1.82, 2.24) is 9.97 Å². The summed E-state index contributed by atoms with van der Waals surface area (Å²) in [6.07, 6.45) is 0. The SMILES string of the molecule is Cc1nc2ccc(NC(=O)Nc3ccc(N)c(Cl)c3)cc2nc1C. The summed E-state index contributed by atoms with van der Waals surface area (Å²) in [5.74, 6) is 0. The zero-order valence-corrected chi connectivity index (χ0v) is 14.0. The molecule has 0 unspecified atom stereocenters. The van der Waals surface area contributed by atoms with Gasteiger partial charge in [0.25, 0.3) is 0 Å². The molecule has 6 nitrogen and oxygen atoms in total. The van der Waals surface area contributed by atoms with Crippen molar-refractivity contribution in [1.29, 1.82) is 0 Å². The maximum absolute atomic E-state index is 12.1. The number of rotatable bonds is 2. The number of nitrogens with one attached hydrogen (secondary N) is 2.